The van der Waals surface area contributed by atoms with E-state index < -0.39 is 0 Å². The van der Waals surface area contributed by atoms with Crippen LogP contribution in [0.1, 0.15) is 11.1 Å². The van der Waals surface area contributed by atoms with E-state index >= 15 is 0 Å². The quantitative estimate of drug-likeness (QED) is 0.869. The highest BCUT2D eigenvalue weighted by atomic mass is 32.1. The van der Waals surface area contributed by atoms with Gasteiger partial charge < -0.3 is 10.2 Å². The molecule has 1 aromatic heterocycles. The Morgan fingerprint density at radius 3 is 2.71 bits per heavy atom. The summed E-state index contributed by atoms with van der Waals surface area (Å²) in [5, 5.41) is 7.80. The molecule has 1 heterocycles. The number of thiophene rings is 1. The molecule has 1 aromatic carbocycles. The van der Waals surface area contributed by atoms with E-state index in [1.807, 2.05) is 0 Å². The van der Waals surface area contributed by atoms with Crippen LogP contribution in [0.4, 0.5) is 5.69 Å². The van der Waals surface area contributed by atoms with E-state index in [9.17, 15) is 0 Å². The van der Waals surface area contributed by atoms with Gasteiger partial charge in [0, 0.05) is 18.8 Å². The molecule has 1 N–H and O–H groups in total. The largest absolute Gasteiger partial charge is 0.381 e. The predicted octanol–water partition coefficient (Wildman–Crippen LogP) is 3.42. The highest BCUT2D eigenvalue weighted by Crippen LogP contribution is 2.17. The first-order chi connectivity index (χ1) is 8.25. The van der Waals surface area contributed by atoms with Crippen LogP contribution in [0.25, 0.3) is 0 Å². The summed E-state index contributed by atoms with van der Waals surface area (Å²) in [5.41, 5.74) is 3.91. The topological polar surface area (TPSA) is 15.3 Å². The van der Waals surface area contributed by atoms with Gasteiger partial charge in [-0.25, -0.2) is 0 Å². The summed E-state index contributed by atoms with van der Waals surface area (Å²) >= 11 is 1.74. The molecule has 0 bridgehead atoms. The maximum Gasteiger partial charge on any atom is 0.0409 e. The molecule has 0 saturated carbocycles. The number of benzene rings is 1. The zero-order valence-corrected chi connectivity index (χ0v) is 11.1. The van der Waals surface area contributed by atoms with Gasteiger partial charge in [-0.05, 0) is 48.1 Å². The Morgan fingerprint density at radius 2 is 2.00 bits per heavy atom. The van der Waals surface area contributed by atoms with Crippen LogP contribution in [0.3, 0.4) is 0 Å². The lowest BCUT2D eigenvalue weighted by Crippen LogP contribution is -2.12. The molecule has 0 aliphatic rings. The fourth-order valence-electron chi connectivity index (χ4n) is 1.76. The standard InChI is InChI=1S/C14H18N2S/c1-16(2)10-13-5-3-4-6-14(13)15-9-12-7-8-17-11-12/h3-8,11,15H,9-10H2,1-2H3. The smallest absolute Gasteiger partial charge is 0.0409 e. The maximum absolute atomic E-state index is 3.50. The second-order valence-electron chi connectivity index (χ2n) is 4.38. The van der Waals surface area contributed by atoms with Crippen LogP contribution in [0.2, 0.25) is 0 Å². The summed E-state index contributed by atoms with van der Waals surface area (Å²) in [7, 11) is 4.19. The number of nitrogens with zero attached hydrogens (tertiary/aromatic N) is 1. The van der Waals surface area contributed by atoms with Gasteiger partial charge >= 0.3 is 0 Å². The third kappa shape index (κ3) is 3.58. The molecule has 0 unspecified atom stereocenters. The van der Waals surface area contributed by atoms with Crippen molar-refractivity contribution in [2.45, 2.75) is 13.1 Å². The Balaban J connectivity index is 2.04. The van der Waals surface area contributed by atoms with Crippen molar-refractivity contribution in [3.05, 3.63) is 52.2 Å². The summed E-state index contributed by atoms with van der Waals surface area (Å²) in [6.07, 6.45) is 0. The monoisotopic (exact) mass is 246 g/mol. The van der Waals surface area contributed by atoms with Crippen molar-refractivity contribution in [3.63, 3.8) is 0 Å². The second kappa shape index (κ2) is 5.84. The fraction of sp³-hybridized carbons (Fsp3) is 0.286. The molecule has 90 valence electrons. The Morgan fingerprint density at radius 1 is 1.18 bits per heavy atom. The number of hydrogen-bond acceptors (Lipinski definition) is 3. The average Bonchev–Trinajstić information content (AvgIpc) is 2.80. The lowest BCUT2D eigenvalue weighted by Gasteiger charge is -2.15. The second-order valence-corrected chi connectivity index (χ2v) is 5.16. The molecule has 3 heteroatoms. The molecule has 0 atom stereocenters. The van der Waals surface area contributed by atoms with Gasteiger partial charge in [0.05, 0.1) is 0 Å². The lowest BCUT2D eigenvalue weighted by atomic mass is 10.1. The third-order valence-corrected chi connectivity index (χ3v) is 3.30. The first-order valence-electron chi connectivity index (χ1n) is 5.73. The van der Waals surface area contributed by atoms with Crippen LogP contribution in [0.15, 0.2) is 41.1 Å². The molecule has 17 heavy (non-hydrogen) atoms. The summed E-state index contributed by atoms with van der Waals surface area (Å²) in [6, 6.07) is 10.6. The lowest BCUT2D eigenvalue weighted by molar-refractivity contribution is 0.403. The van der Waals surface area contributed by atoms with Crippen molar-refractivity contribution in [1.29, 1.82) is 0 Å². The van der Waals surface area contributed by atoms with Crippen molar-refractivity contribution in [2.75, 3.05) is 19.4 Å². The van der Waals surface area contributed by atoms with E-state index in [4.69, 9.17) is 0 Å². The first-order valence-corrected chi connectivity index (χ1v) is 6.67. The third-order valence-electron chi connectivity index (χ3n) is 2.57. The molecule has 0 amide bonds. The molecule has 2 rings (SSSR count). The minimum Gasteiger partial charge on any atom is -0.381 e. The number of anilines is 1. The normalized spacial score (nSPS) is 10.8. The highest BCUT2D eigenvalue weighted by molar-refractivity contribution is 7.07. The van der Waals surface area contributed by atoms with Gasteiger partial charge in [-0.2, -0.15) is 11.3 Å². The Labute approximate surface area is 107 Å². The Hall–Kier alpha value is -1.32. The maximum atomic E-state index is 3.50. The van der Waals surface area contributed by atoms with E-state index in [2.05, 4.69) is 65.4 Å². The molecule has 2 nitrogen and oxygen atoms in total. The minimum absolute atomic E-state index is 0.897. The molecule has 0 aliphatic heterocycles. The highest BCUT2D eigenvalue weighted by Gasteiger charge is 2.02. The summed E-state index contributed by atoms with van der Waals surface area (Å²) in [4.78, 5) is 2.19. The van der Waals surface area contributed by atoms with Crippen LogP contribution in [0, 0.1) is 0 Å². The minimum atomic E-state index is 0.897. The molecule has 0 spiro atoms. The van der Waals surface area contributed by atoms with E-state index in [1.165, 1.54) is 16.8 Å². The van der Waals surface area contributed by atoms with Crippen LogP contribution in [-0.2, 0) is 13.1 Å². The molecule has 0 radical (unpaired) electrons. The van der Waals surface area contributed by atoms with E-state index in [0.717, 1.165) is 13.1 Å². The van der Waals surface area contributed by atoms with E-state index in [-0.39, 0.29) is 0 Å². The first kappa shape index (κ1) is 12.1. The molecular formula is C14H18N2S. The predicted molar refractivity (Wildman–Crippen MR) is 75.5 cm³/mol. The molecule has 0 fully saturated rings. The van der Waals surface area contributed by atoms with Crippen LogP contribution < -0.4 is 5.32 Å². The van der Waals surface area contributed by atoms with Gasteiger partial charge in [0.2, 0.25) is 0 Å². The summed E-state index contributed by atoms with van der Waals surface area (Å²) in [5.74, 6) is 0. The van der Waals surface area contributed by atoms with Crippen molar-refractivity contribution in [3.8, 4) is 0 Å². The van der Waals surface area contributed by atoms with Gasteiger partial charge in [0.25, 0.3) is 0 Å². The van der Waals surface area contributed by atoms with Gasteiger partial charge in [0.1, 0.15) is 0 Å². The van der Waals surface area contributed by atoms with E-state index in [1.54, 1.807) is 11.3 Å². The molecule has 2 aromatic rings. The van der Waals surface area contributed by atoms with Crippen molar-refractivity contribution in [2.24, 2.45) is 0 Å². The van der Waals surface area contributed by atoms with Crippen LogP contribution >= 0.6 is 11.3 Å². The van der Waals surface area contributed by atoms with Gasteiger partial charge in [-0.1, -0.05) is 18.2 Å². The van der Waals surface area contributed by atoms with Crippen molar-refractivity contribution in [1.82, 2.24) is 4.90 Å². The summed E-state index contributed by atoms with van der Waals surface area (Å²) < 4.78 is 0. The molecule has 0 aliphatic carbocycles. The number of hydrogen-bond donors (Lipinski definition) is 1. The van der Waals surface area contributed by atoms with Gasteiger partial charge in [-0.3, -0.25) is 0 Å². The Bertz CT molecular complexity index is 449. The zero-order valence-electron chi connectivity index (χ0n) is 10.3. The SMILES string of the molecule is CN(C)Cc1ccccc1NCc1ccsc1. The molecule has 0 saturated heterocycles. The number of para-hydroxylation sites is 1. The van der Waals surface area contributed by atoms with E-state index in [0.29, 0.717) is 0 Å². The number of nitrogens with one attached hydrogen (secondary N) is 1. The average molecular weight is 246 g/mol. The molecular weight excluding hydrogens is 228 g/mol. The summed E-state index contributed by atoms with van der Waals surface area (Å²) in [6.45, 7) is 1.86. The number of rotatable bonds is 5. The zero-order chi connectivity index (χ0) is 12.1. The van der Waals surface area contributed by atoms with Crippen molar-refractivity contribution < 1.29 is 0 Å². The van der Waals surface area contributed by atoms with Crippen molar-refractivity contribution >= 4 is 17.0 Å². The van der Waals surface area contributed by atoms with Gasteiger partial charge in [-0.15, -0.1) is 0 Å². The van der Waals surface area contributed by atoms with Crippen LogP contribution in [0.5, 0.6) is 0 Å². The fourth-order valence-corrected chi connectivity index (χ4v) is 2.43. The van der Waals surface area contributed by atoms with Gasteiger partial charge in [0.15, 0.2) is 0 Å². The van der Waals surface area contributed by atoms with Crippen LogP contribution in [-0.4, -0.2) is 19.0 Å². The Kier molecular flexibility index (Phi) is 4.18.